The van der Waals surface area contributed by atoms with Crippen LogP contribution < -0.4 is 16.2 Å². The smallest absolute Gasteiger partial charge is 0.347 e. The van der Waals surface area contributed by atoms with Gasteiger partial charge in [0.1, 0.15) is 17.5 Å². The Labute approximate surface area is 117 Å². The Bertz CT molecular complexity index is 652. The van der Waals surface area contributed by atoms with Crippen molar-refractivity contribution in [3.8, 4) is 0 Å². The predicted molar refractivity (Wildman–Crippen MR) is 68.1 cm³/mol. The molecule has 2 aromatic heterocycles. The third kappa shape index (κ3) is 2.61. The molecule has 3 heterocycles. The molecule has 3 rings (SSSR count). The summed E-state index contributed by atoms with van der Waals surface area (Å²) in [4.78, 5) is 12.8. The first-order valence-corrected chi connectivity index (χ1v) is 6.15. The molecular weight excluding hydrogens is 287 g/mol. The third-order valence-corrected chi connectivity index (χ3v) is 3.18. The van der Waals surface area contributed by atoms with E-state index in [0.717, 1.165) is 5.82 Å². The fraction of sp³-hybridized carbons (Fsp3) is 0.364. The maximum atomic E-state index is 12.8. The van der Waals surface area contributed by atoms with Gasteiger partial charge in [0.15, 0.2) is 0 Å². The van der Waals surface area contributed by atoms with Gasteiger partial charge in [0.05, 0.1) is 6.54 Å². The zero-order valence-electron chi connectivity index (χ0n) is 10.8. The highest BCUT2D eigenvalue weighted by molar-refractivity contribution is 5.49. The third-order valence-electron chi connectivity index (χ3n) is 3.18. The van der Waals surface area contributed by atoms with Gasteiger partial charge in [0.2, 0.25) is 5.82 Å². The summed E-state index contributed by atoms with van der Waals surface area (Å²) in [7, 11) is 0. The largest absolute Gasteiger partial charge is 0.451 e. The summed E-state index contributed by atoms with van der Waals surface area (Å²) < 4.78 is 40.4. The highest BCUT2D eigenvalue weighted by Crippen LogP contribution is 2.29. The Hall–Kier alpha value is -2.36. The Kier molecular flexibility index (Phi) is 3.16. The molecule has 21 heavy (non-hydrogen) atoms. The van der Waals surface area contributed by atoms with E-state index in [-0.39, 0.29) is 11.6 Å². The standard InChI is InChI=1S/C11H12F3N7/c12-11(13,14)10-17-7(19-15)5-8(18-10)21-4-3-20-2-1-16-9(20)6-21/h1-2,5H,3-4,6,15H2,(H,17,18,19). The molecule has 0 unspecified atom stereocenters. The minimum Gasteiger partial charge on any atom is -0.347 e. The fourth-order valence-electron chi connectivity index (χ4n) is 2.17. The molecular formula is C11H12F3N7. The number of fused-ring (bicyclic) bond motifs is 1. The average Bonchev–Trinajstić information content (AvgIpc) is 2.93. The highest BCUT2D eigenvalue weighted by Gasteiger charge is 2.36. The Morgan fingerprint density at radius 2 is 2.05 bits per heavy atom. The van der Waals surface area contributed by atoms with Crippen LogP contribution in [-0.4, -0.2) is 26.1 Å². The van der Waals surface area contributed by atoms with Crippen LogP contribution in [0.15, 0.2) is 18.5 Å². The minimum atomic E-state index is -4.63. The Morgan fingerprint density at radius 3 is 2.76 bits per heavy atom. The molecule has 10 heteroatoms. The van der Waals surface area contributed by atoms with E-state index in [0.29, 0.717) is 19.6 Å². The van der Waals surface area contributed by atoms with Crippen molar-refractivity contribution in [1.82, 2.24) is 19.5 Å². The second kappa shape index (κ2) is 4.88. The van der Waals surface area contributed by atoms with E-state index < -0.39 is 12.0 Å². The van der Waals surface area contributed by atoms with Crippen LogP contribution in [0.1, 0.15) is 11.6 Å². The number of nitrogen functional groups attached to an aromatic ring is 1. The molecule has 0 saturated carbocycles. The summed E-state index contributed by atoms with van der Waals surface area (Å²) in [6.07, 6.45) is -1.14. The molecule has 1 aliphatic rings. The first-order chi connectivity index (χ1) is 9.97. The lowest BCUT2D eigenvalue weighted by Crippen LogP contribution is -2.34. The van der Waals surface area contributed by atoms with Crippen LogP contribution in [-0.2, 0) is 19.3 Å². The number of alkyl halides is 3. The van der Waals surface area contributed by atoms with Crippen molar-refractivity contribution < 1.29 is 13.2 Å². The molecule has 112 valence electrons. The molecule has 0 atom stereocenters. The van der Waals surface area contributed by atoms with E-state index >= 15 is 0 Å². The van der Waals surface area contributed by atoms with Gasteiger partial charge in [-0.05, 0) is 0 Å². The summed E-state index contributed by atoms with van der Waals surface area (Å²) in [6, 6.07) is 1.38. The van der Waals surface area contributed by atoms with Crippen LogP contribution in [0.3, 0.4) is 0 Å². The molecule has 7 nitrogen and oxygen atoms in total. The number of imidazole rings is 1. The van der Waals surface area contributed by atoms with Crippen LogP contribution in [0.25, 0.3) is 0 Å². The van der Waals surface area contributed by atoms with Crippen molar-refractivity contribution in [2.24, 2.45) is 5.84 Å². The first-order valence-electron chi connectivity index (χ1n) is 6.15. The number of nitrogens with zero attached hydrogens (tertiary/aromatic N) is 5. The van der Waals surface area contributed by atoms with Gasteiger partial charge in [-0.25, -0.2) is 20.8 Å². The quantitative estimate of drug-likeness (QED) is 0.635. The molecule has 2 aromatic rings. The van der Waals surface area contributed by atoms with Crippen LogP contribution in [0.4, 0.5) is 24.8 Å². The SMILES string of the molecule is NNc1cc(N2CCn3ccnc3C2)nc(C(F)(F)F)n1. The van der Waals surface area contributed by atoms with Crippen molar-refractivity contribution in [3.05, 3.63) is 30.1 Å². The molecule has 0 fully saturated rings. The van der Waals surface area contributed by atoms with Crippen LogP contribution in [0, 0.1) is 0 Å². The van der Waals surface area contributed by atoms with E-state index in [9.17, 15) is 13.2 Å². The van der Waals surface area contributed by atoms with Gasteiger partial charge < -0.3 is 14.9 Å². The zero-order valence-corrected chi connectivity index (χ0v) is 10.8. The lowest BCUT2D eigenvalue weighted by Gasteiger charge is -2.29. The van der Waals surface area contributed by atoms with Crippen LogP contribution in [0.5, 0.6) is 0 Å². The fourth-order valence-corrected chi connectivity index (χ4v) is 2.17. The molecule has 0 aromatic carbocycles. The van der Waals surface area contributed by atoms with Crippen molar-refractivity contribution in [3.63, 3.8) is 0 Å². The van der Waals surface area contributed by atoms with Gasteiger partial charge >= 0.3 is 6.18 Å². The van der Waals surface area contributed by atoms with Crippen molar-refractivity contribution in [2.75, 3.05) is 16.9 Å². The summed E-state index contributed by atoms with van der Waals surface area (Å²) in [6.45, 7) is 1.54. The maximum absolute atomic E-state index is 12.8. The first kappa shape index (κ1) is 13.6. The molecule has 3 N–H and O–H groups in total. The summed E-state index contributed by atoms with van der Waals surface area (Å²) >= 11 is 0. The van der Waals surface area contributed by atoms with Crippen molar-refractivity contribution in [1.29, 1.82) is 0 Å². The number of nitrogens with two attached hydrogens (primary N) is 1. The summed E-state index contributed by atoms with van der Waals surface area (Å²) in [5.74, 6) is 4.82. The van der Waals surface area contributed by atoms with Gasteiger partial charge in [-0.15, -0.1) is 0 Å². The van der Waals surface area contributed by atoms with E-state index in [1.165, 1.54) is 6.07 Å². The molecule has 0 spiro atoms. The highest BCUT2D eigenvalue weighted by atomic mass is 19.4. The number of rotatable bonds is 2. The number of hydrogen-bond donors (Lipinski definition) is 2. The van der Waals surface area contributed by atoms with Gasteiger partial charge in [-0.3, -0.25) is 0 Å². The van der Waals surface area contributed by atoms with E-state index in [1.807, 2.05) is 10.8 Å². The molecule has 0 bridgehead atoms. The minimum absolute atomic E-state index is 0.0822. The van der Waals surface area contributed by atoms with Crippen molar-refractivity contribution >= 4 is 11.6 Å². The van der Waals surface area contributed by atoms with E-state index in [4.69, 9.17) is 5.84 Å². The number of hydrogen-bond acceptors (Lipinski definition) is 6. The van der Waals surface area contributed by atoms with Gasteiger partial charge in [-0.1, -0.05) is 0 Å². The average molecular weight is 299 g/mol. The summed E-state index contributed by atoms with van der Waals surface area (Å²) in [5, 5.41) is 0. The predicted octanol–water partition coefficient (Wildman–Crippen LogP) is 0.998. The normalized spacial score (nSPS) is 15.0. The van der Waals surface area contributed by atoms with Gasteiger partial charge in [-0.2, -0.15) is 13.2 Å². The number of hydrazine groups is 1. The number of anilines is 2. The molecule has 1 aliphatic heterocycles. The zero-order chi connectivity index (χ0) is 15.0. The number of nitrogens with one attached hydrogen (secondary N) is 1. The van der Waals surface area contributed by atoms with Crippen molar-refractivity contribution in [2.45, 2.75) is 19.3 Å². The monoisotopic (exact) mass is 299 g/mol. The second-order valence-corrected chi connectivity index (χ2v) is 4.54. The lowest BCUT2D eigenvalue weighted by molar-refractivity contribution is -0.144. The topological polar surface area (TPSA) is 84.9 Å². The van der Waals surface area contributed by atoms with Crippen LogP contribution in [0.2, 0.25) is 0 Å². The van der Waals surface area contributed by atoms with E-state index in [1.54, 1.807) is 11.1 Å². The van der Waals surface area contributed by atoms with Gasteiger partial charge in [0, 0.05) is 31.5 Å². The molecule has 0 aliphatic carbocycles. The lowest BCUT2D eigenvalue weighted by atomic mass is 10.3. The second-order valence-electron chi connectivity index (χ2n) is 4.54. The molecule has 0 amide bonds. The van der Waals surface area contributed by atoms with E-state index in [2.05, 4.69) is 20.4 Å². The Morgan fingerprint density at radius 1 is 1.24 bits per heavy atom. The number of aromatic nitrogens is 4. The maximum Gasteiger partial charge on any atom is 0.451 e. The van der Waals surface area contributed by atoms with Gasteiger partial charge in [0.25, 0.3) is 0 Å². The summed E-state index contributed by atoms with van der Waals surface area (Å²) in [5.41, 5.74) is 2.13. The number of halogens is 3. The molecule has 0 saturated heterocycles. The molecule has 0 radical (unpaired) electrons. The van der Waals surface area contributed by atoms with Crippen LogP contribution >= 0.6 is 0 Å². The Balaban J connectivity index is 1.95.